The largest absolute Gasteiger partial charge is 0.232 e. The summed E-state index contributed by atoms with van der Waals surface area (Å²) >= 11 is 1.51. The van der Waals surface area contributed by atoms with Crippen molar-refractivity contribution >= 4 is 27.4 Å². The second-order valence-electron chi connectivity index (χ2n) is 3.93. The van der Waals surface area contributed by atoms with Crippen molar-refractivity contribution < 1.29 is 8.42 Å². The molecule has 0 fully saturated rings. The van der Waals surface area contributed by atoms with E-state index in [1.807, 2.05) is 25.3 Å². The van der Waals surface area contributed by atoms with Crippen LogP contribution in [0.4, 0.5) is 0 Å². The lowest BCUT2D eigenvalue weighted by Gasteiger charge is -2.01. The summed E-state index contributed by atoms with van der Waals surface area (Å²) < 4.78 is 23.2. The lowest BCUT2D eigenvalue weighted by atomic mass is 10.5. The fraction of sp³-hybridized carbons (Fsp3) is 0.400. The zero-order valence-electron chi connectivity index (χ0n) is 9.91. The summed E-state index contributed by atoms with van der Waals surface area (Å²) in [6.45, 7) is 1.91. The van der Waals surface area contributed by atoms with E-state index in [2.05, 4.69) is 10.1 Å². The Morgan fingerprint density at radius 1 is 1.44 bits per heavy atom. The first-order valence-electron chi connectivity index (χ1n) is 5.40. The highest BCUT2D eigenvalue weighted by Crippen LogP contribution is 2.16. The number of nitrogens with zero attached hydrogens (tertiary/aromatic N) is 3. The van der Waals surface area contributed by atoms with Crippen molar-refractivity contribution in [2.75, 3.05) is 11.5 Å². The molecule has 0 saturated heterocycles. The van der Waals surface area contributed by atoms with Gasteiger partial charge in [0.2, 0.25) is 10.0 Å². The molecule has 2 aromatic rings. The molecule has 0 bridgehead atoms. The standard InChI is InChI=1S/C10H14N4O2S2/c1-8-7-14-9(12-8)3-4-10(13-14)17-5-2-6-18(11,15)16/h3-4,7H,2,5-6H2,1H3,(H2,11,15,16). The maximum atomic E-state index is 10.8. The highest BCUT2D eigenvalue weighted by atomic mass is 32.2. The molecule has 0 unspecified atom stereocenters. The number of fused-ring (bicyclic) bond motifs is 1. The molecule has 2 heterocycles. The Hall–Kier alpha value is -1.12. The maximum absolute atomic E-state index is 10.8. The minimum absolute atomic E-state index is 0.00638. The van der Waals surface area contributed by atoms with Gasteiger partial charge in [-0.25, -0.2) is 23.1 Å². The second kappa shape index (κ2) is 5.25. The molecule has 8 heteroatoms. The van der Waals surface area contributed by atoms with Crippen LogP contribution in [0.5, 0.6) is 0 Å². The fourth-order valence-electron chi connectivity index (χ4n) is 1.50. The first-order chi connectivity index (χ1) is 8.44. The van der Waals surface area contributed by atoms with Gasteiger partial charge in [0.05, 0.1) is 17.6 Å². The molecule has 98 valence electrons. The monoisotopic (exact) mass is 286 g/mol. The number of sulfonamides is 1. The van der Waals surface area contributed by atoms with Crippen LogP contribution in [-0.2, 0) is 10.0 Å². The Morgan fingerprint density at radius 3 is 2.94 bits per heavy atom. The van der Waals surface area contributed by atoms with Gasteiger partial charge in [-0.1, -0.05) is 0 Å². The van der Waals surface area contributed by atoms with E-state index in [9.17, 15) is 8.42 Å². The molecule has 2 rings (SSSR count). The molecule has 0 aliphatic rings. The van der Waals surface area contributed by atoms with Gasteiger partial charge < -0.3 is 0 Å². The third-order valence-corrected chi connectivity index (χ3v) is 4.10. The highest BCUT2D eigenvalue weighted by molar-refractivity contribution is 7.99. The summed E-state index contributed by atoms with van der Waals surface area (Å²) in [5, 5.41) is 10.1. The number of aryl methyl sites for hydroxylation is 1. The summed E-state index contributed by atoms with van der Waals surface area (Å²) in [4.78, 5) is 4.28. The number of nitrogens with two attached hydrogens (primary N) is 1. The smallest absolute Gasteiger partial charge is 0.209 e. The van der Waals surface area contributed by atoms with Crippen LogP contribution in [0.15, 0.2) is 23.4 Å². The average Bonchev–Trinajstić information content (AvgIpc) is 2.62. The molecule has 0 aromatic carbocycles. The van der Waals surface area contributed by atoms with Crippen molar-refractivity contribution in [3.8, 4) is 0 Å². The summed E-state index contributed by atoms with van der Waals surface area (Å²) in [7, 11) is -3.36. The summed E-state index contributed by atoms with van der Waals surface area (Å²) in [5.41, 5.74) is 1.72. The molecular weight excluding hydrogens is 272 g/mol. The van der Waals surface area contributed by atoms with Crippen LogP contribution in [0, 0.1) is 6.92 Å². The van der Waals surface area contributed by atoms with Gasteiger partial charge in [0.15, 0.2) is 5.65 Å². The minimum atomic E-state index is -3.36. The van der Waals surface area contributed by atoms with E-state index in [4.69, 9.17) is 5.14 Å². The van der Waals surface area contributed by atoms with Crippen LogP contribution in [0.1, 0.15) is 12.1 Å². The normalized spacial score (nSPS) is 12.1. The summed E-state index contributed by atoms with van der Waals surface area (Å²) in [6, 6.07) is 3.77. The molecule has 0 radical (unpaired) electrons. The van der Waals surface area contributed by atoms with Crippen LogP contribution in [-0.4, -0.2) is 34.5 Å². The third-order valence-electron chi connectivity index (χ3n) is 2.24. The number of hydrogen-bond donors (Lipinski definition) is 1. The van der Waals surface area contributed by atoms with Crippen molar-refractivity contribution in [2.45, 2.75) is 18.4 Å². The molecule has 0 saturated carbocycles. The van der Waals surface area contributed by atoms with E-state index in [0.29, 0.717) is 12.2 Å². The zero-order chi connectivity index (χ0) is 13.2. The molecule has 0 amide bonds. The molecule has 0 aliphatic carbocycles. The number of rotatable bonds is 5. The van der Waals surface area contributed by atoms with Gasteiger partial charge in [0, 0.05) is 5.75 Å². The van der Waals surface area contributed by atoms with Crippen LogP contribution >= 0.6 is 11.8 Å². The van der Waals surface area contributed by atoms with Crippen LogP contribution in [0.3, 0.4) is 0 Å². The first-order valence-corrected chi connectivity index (χ1v) is 8.10. The van der Waals surface area contributed by atoms with Crippen molar-refractivity contribution in [3.05, 3.63) is 24.0 Å². The molecular formula is C10H14N4O2S2. The number of aromatic nitrogens is 3. The first kappa shape index (κ1) is 13.3. The molecule has 2 N–H and O–H groups in total. The Kier molecular flexibility index (Phi) is 3.88. The van der Waals surface area contributed by atoms with E-state index in [1.54, 1.807) is 4.52 Å². The average molecular weight is 286 g/mol. The van der Waals surface area contributed by atoms with Gasteiger partial charge in [-0.05, 0) is 25.5 Å². The fourth-order valence-corrected chi connectivity index (χ4v) is 3.03. The summed E-state index contributed by atoms with van der Waals surface area (Å²) in [5.74, 6) is 0.676. The number of thioether (sulfide) groups is 1. The van der Waals surface area contributed by atoms with Crippen molar-refractivity contribution in [1.82, 2.24) is 14.6 Å². The van der Waals surface area contributed by atoms with E-state index < -0.39 is 10.0 Å². The molecule has 0 atom stereocenters. The second-order valence-corrected chi connectivity index (χ2v) is 6.77. The van der Waals surface area contributed by atoms with Crippen LogP contribution < -0.4 is 5.14 Å². The quantitative estimate of drug-likeness (QED) is 0.649. The Bertz CT molecular complexity index is 651. The van der Waals surface area contributed by atoms with Gasteiger partial charge >= 0.3 is 0 Å². The lowest BCUT2D eigenvalue weighted by molar-refractivity contribution is 0.596. The topological polar surface area (TPSA) is 90.4 Å². The molecule has 0 aliphatic heterocycles. The van der Waals surface area contributed by atoms with E-state index in [0.717, 1.165) is 16.4 Å². The number of hydrogen-bond acceptors (Lipinski definition) is 5. The van der Waals surface area contributed by atoms with Gasteiger partial charge in [-0.2, -0.15) is 5.10 Å². The summed E-state index contributed by atoms with van der Waals surface area (Å²) in [6.07, 6.45) is 2.37. The van der Waals surface area contributed by atoms with Gasteiger partial charge in [-0.15, -0.1) is 11.8 Å². The minimum Gasteiger partial charge on any atom is -0.232 e. The Morgan fingerprint density at radius 2 is 2.22 bits per heavy atom. The molecule has 18 heavy (non-hydrogen) atoms. The van der Waals surface area contributed by atoms with E-state index in [1.165, 1.54) is 11.8 Å². The van der Waals surface area contributed by atoms with Crippen LogP contribution in [0.25, 0.3) is 5.65 Å². The predicted octanol–water partition coefficient (Wildman–Crippen LogP) is 0.808. The lowest BCUT2D eigenvalue weighted by Crippen LogP contribution is -2.16. The van der Waals surface area contributed by atoms with Crippen molar-refractivity contribution in [3.63, 3.8) is 0 Å². The Labute approximate surface area is 110 Å². The van der Waals surface area contributed by atoms with Crippen molar-refractivity contribution in [1.29, 1.82) is 0 Å². The van der Waals surface area contributed by atoms with E-state index >= 15 is 0 Å². The van der Waals surface area contributed by atoms with Gasteiger partial charge in [0.25, 0.3) is 0 Å². The highest BCUT2D eigenvalue weighted by Gasteiger charge is 2.04. The Balaban J connectivity index is 1.95. The SMILES string of the molecule is Cc1cn2nc(SCCCS(N)(=O)=O)ccc2n1. The number of primary sulfonamides is 1. The van der Waals surface area contributed by atoms with E-state index in [-0.39, 0.29) is 5.75 Å². The maximum Gasteiger partial charge on any atom is 0.209 e. The van der Waals surface area contributed by atoms with Crippen LogP contribution in [0.2, 0.25) is 0 Å². The molecule has 0 spiro atoms. The molecule has 2 aromatic heterocycles. The van der Waals surface area contributed by atoms with Gasteiger partial charge in [0.1, 0.15) is 5.03 Å². The van der Waals surface area contributed by atoms with Gasteiger partial charge in [-0.3, -0.25) is 0 Å². The zero-order valence-corrected chi connectivity index (χ0v) is 11.5. The van der Waals surface area contributed by atoms with Crippen molar-refractivity contribution in [2.24, 2.45) is 5.14 Å². The molecule has 6 nitrogen and oxygen atoms in total. The third kappa shape index (κ3) is 3.69. The predicted molar refractivity (Wildman–Crippen MR) is 71.0 cm³/mol. The number of imidazole rings is 1.